The number of carbonyl (C=O) groups is 2. The number of imide groups is 1. The number of benzene rings is 1. The van der Waals surface area contributed by atoms with Crippen molar-refractivity contribution in [3.8, 4) is 0 Å². The summed E-state index contributed by atoms with van der Waals surface area (Å²) in [4.78, 5) is 25.1. The van der Waals surface area contributed by atoms with Gasteiger partial charge in [-0.3, -0.25) is 14.9 Å². The number of rotatable bonds is 2. The third kappa shape index (κ3) is 2.47. The van der Waals surface area contributed by atoms with Gasteiger partial charge in [0.05, 0.1) is 5.92 Å². The maximum absolute atomic E-state index is 14.6. The molecule has 1 atom stereocenters. The zero-order chi connectivity index (χ0) is 16.9. The fourth-order valence-electron chi connectivity index (χ4n) is 3.98. The third-order valence-electron chi connectivity index (χ3n) is 5.45. The SMILES string of the molecule is O=C1CCC(c2c(F)cc(N3CCC4(CNC4)C3)cc2F)C(=O)N1. The number of nitrogens with one attached hydrogen (secondary N) is 2. The van der Waals surface area contributed by atoms with Gasteiger partial charge in [0.25, 0.3) is 0 Å². The molecule has 1 spiro atoms. The van der Waals surface area contributed by atoms with Crippen molar-refractivity contribution in [2.45, 2.75) is 25.2 Å². The number of halogens is 2. The molecule has 1 aromatic rings. The van der Waals surface area contributed by atoms with Gasteiger partial charge in [0, 0.05) is 49.3 Å². The smallest absolute Gasteiger partial charge is 0.234 e. The Morgan fingerprint density at radius 2 is 1.88 bits per heavy atom. The molecule has 4 rings (SSSR count). The molecule has 3 aliphatic rings. The molecule has 3 heterocycles. The van der Waals surface area contributed by atoms with E-state index in [4.69, 9.17) is 0 Å². The Morgan fingerprint density at radius 1 is 1.17 bits per heavy atom. The van der Waals surface area contributed by atoms with Crippen molar-refractivity contribution in [1.29, 1.82) is 0 Å². The van der Waals surface area contributed by atoms with Crippen LogP contribution in [0.15, 0.2) is 12.1 Å². The molecule has 0 aromatic heterocycles. The Kier molecular flexibility index (Phi) is 3.56. The summed E-state index contributed by atoms with van der Waals surface area (Å²) < 4.78 is 29.1. The van der Waals surface area contributed by atoms with E-state index in [9.17, 15) is 18.4 Å². The minimum Gasteiger partial charge on any atom is -0.371 e. The van der Waals surface area contributed by atoms with Crippen LogP contribution in [-0.4, -0.2) is 38.0 Å². The second-order valence-electron chi connectivity index (χ2n) is 7.10. The van der Waals surface area contributed by atoms with Crippen LogP contribution in [0, 0.1) is 17.0 Å². The summed E-state index contributed by atoms with van der Waals surface area (Å²) in [7, 11) is 0. The minimum absolute atomic E-state index is 0.0959. The molecule has 7 heteroatoms. The molecular formula is C17H19F2N3O2. The first-order valence-electron chi connectivity index (χ1n) is 8.26. The highest BCUT2D eigenvalue weighted by Gasteiger charge is 2.43. The van der Waals surface area contributed by atoms with E-state index in [0.29, 0.717) is 5.69 Å². The van der Waals surface area contributed by atoms with Gasteiger partial charge in [0.1, 0.15) is 11.6 Å². The van der Waals surface area contributed by atoms with Crippen LogP contribution in [0.5, 0.6) is 0 Å². The summed E-state index contributed by atoms with van der Waals surface area (Å²) in [5.74, 6) is -3.40. The third-order valence-corrected chi connectivity index (χ3v) is 5.45. The molecule has 0 saturated carbocycles. The molecule has 3 saturated heterocycles. The van der Waals surface area contributed by atoms with E-state index in [2.05, 4.69) is 10.6 Å². The molecule has 24 heavy (non-hydrogen) atoms. The van der Waals surface area contributed by atoms with Gasteiger partial charge in [-0.1, -0.05) is 0 Å². The Labute approximate surface area is 138 Å². The molecule has 2 N–H and O–H groups in total. The van der Waals surface area contributed by atoms with Crippen LogP contribution in [0.25, 0.3) is 0 Å². The van der Waals surface area contributed by atoms with Crippen LogP contribution in [0.3, 0.4) is 0 Å². The van der Waals surface area contributed by atoms with Gasteiger partial charge in [0.15, 0.2) is 0 Å². The summed E-state index contributed by atoms with van der Waals surface area (Å²) in [5.41, 5.74) is 0.516. The quantitative estimate of drug-likeness (QED) is 0.800. The monoisotopic (exact) mass is 335 g/mol. The Morgan fingerprint density at radius 3 is 2.42 bits per heavy atom. The lowest BCUT2D eigenvalue weighted by molar-refractivity contribution is -0.134. The maximum Gasteiger partial charge on any atom is 0.234 e. The van der Waals surface area contributed by atoms with Crippen molar-refractivity contribution in [3.63, 3.8) is 0 Å². The highest BCUT2D eigenvalue weighted by atomic mass is 19.1. The molecule has 0 bridgehead atoms. The molecule has 1 unspecified atom stereocenters. The Hall–Kier alpha value is -2.02. The summed E-state index contributed by atoms with van der Waals surface area (Å²) in [6, 6.07) is 2.63. The lowest BCUT2D eigenvalue weighted by Gasteiger charge is -2.39. The van der Waals surface area contributed by atoms with Crippen LogP contribution < -0.4 is 15.5 Å². The van der Waals surface area contributed by atoms with Gasteiger partial charge in [-0.15, -0.1) is 0 Å². The zero-order valence-corrected chi connectivity index (χ0v) is 13.2. The Bertz CT molecular complexity index is 695. The van der Waals surface area contributed by atoms with Gasteiger partial charge < -0.3 is 10.2 Å². The van der Waals surface area contributed by atoms with Crippen LogP contribution in [0.2, 0.25) is 0 Å². The van der Waals surface area contributed by atoms with Crippen molar-refractivity contribution < 1.29 is 18.4 Å². The standard InChI is InChI=1S/C17H19F2N3O2/c18-12-5-10(22-4-3-17(9-22)7-20-8-17)6-13(19)15(12)11-1-2-14(23)21-16(11)24/h5-6,11,20H,1-4,7-9H2,(H,21,23,24). The van der Waals surface area contributed by atoms with E-state index in [1.807, 2.05) is 4.90 Å². The van der Waals surface area contributed by atoms with Crippen molar-refractivity contribution in [3.05, 3.63) is 29.3 Å². The largest absolute Gasteiger partial charge is 0.371 e. The summed E-state index contributed by atoms with van der Waals surface area (Å²) in [6.45, 7) is 3.46. The lowest BCUT2D eigenvalue weighted by atomic mass is 9.81. The highest BCUT2D eigenvalue weighted by Crippen LogP contribution is 2.38. The number of nitrogens with zero attached hydrogens (tertiary/aromatic N) is 1. The zero-order valence-electron chi connectivity index (χ0n) is 13.2. The van der Waals surface area contributed by atoms with Gasteiger partial charge in [0.2, 0.25) is 11.8 Å². The first-order chi connectivity index (χ1) is 11.5. The van der Waals surface area contributed by atoms with E-state index in [1.165, 1.54) is 12.1 Å². The number of amides is 2. The van der Waals surface area contributed by atoms with E-state index >= 15 is 0 Å². The number of hydrogen-bond acceptors (Lipinski definition) is 4. The molecule has 1 aromatic carbocycles. The topological polar surface area (TPSA) is 61.4 Å². The molecular weight excluding hydrogens is 316 g/mol. The van der Waals surface area contributed by atoms with E-state index < -0.39 is 29.4 Å². The van der Waals surface area contributed by atoms with Crippen LogP contribution in [0.1, 0.15) is 30.7 Å². The first-order valence-corrected chi connectivity index (χ1v) is 8.26. The molecule has 2 amide bonds. The molecule has 0 aliphatic carbocycles. The molecule has 3 fully saturated rings. The van der Waals surface area contributed by atoms with Crippen molar-refractivity contribution in [1.82, 2.24) is 10.6 Å². The molecule has 5 nitrogen and oxygen atoms in total. The van der Waals surface area contributed by atoms with E-state index in [0.717, 1.165) is 32.6 Å². The maximum atomic E-state index is 14.6. The van der Waals surface area contributed by atoms with Crippen molar-refractivity contribution >= 4 is 17.5 Å². The van der Waals surface area contributed by atoms with Crippen molar-refractivity contribution in [2.75, 3.05) is 31.1 Å². The number of anilines is 1. The average Bonchev–Trinajstić information content (AvgIpc) is 2.94. The van der Waals surface area contributed by atoms with Gasteiger partial charge in [-0.25, -0.2) is 8.78 Å². The lowest BCUT2D eigenvalue weighted by Crippen LogP contribution is -2.54. The summed E-state index contributed by atoms with van der Waals surface area (Å²) in [5, 5.41) is 5.40. The number of carbonyl (C=O) groups excluding carboxylic acids is 2. The fourth-order valence-corrected chi connectivity index (χ4v) is 3.98. The average molecular weight is 335 g/mol. The van der Waals surface area contributed by atoms with E-state index in [1.54, 1.807) is 0 Å². The summed E-state index contributed by atoms with van der Waals surface area (Å²) >= 11 is 0. The van der Waals surface area contributed by atoms with E-state index in [-0.39, 0.29) is 23.8 Å². The van der Waals surface area contributed by atoms with Crippen LogP contribution in [0.4, 0.5) is 14.5 Å². The van der Waals surface area contributed by atoms with Gasteiger partial charge >= 0.3 is 0 Å². The molecule has 128 valence electrons. The minimum atomic E-state index is -0.947. The van der Waals surface area contributed by atoms with Crippen LogP contribution >= 0.6 is 0 Å². The predicted octanol–water partition coefficient (Wildman–Crippen LogP) is 1.28. The second kappa shape index (κ2) is 5.51. The van der Waals surface area contributed by atoms with Crippen molar-refractivity contribution in [2.24, 2.45) is 5.41 Å². The predicted molar refractivity (Wildman–Crippen MR) is 83.6 cm³/mol. The normalized spacial score (nSPS) is 25.8. The Balaban J connectivity index is 1.60. The van der Waals surface area contributed by atoms with Gasteiger partial charge in [-0.2, -0.15) is 0 Å². The van der Waals surface area contributed by atoms with Gasteiger partial charge in [-0.05, 0) is 25.0 Å². The highest BCUT2D eigenvalue weighted by molar-refractivity contribution is 6.01. The molecule has 3 aliphatic heterocycles. The second-order valence-corrected chi connectivity index (χ2v) is 7.10. The molecule has 0 radical (unpaired) electrons. The number of piperidine rings is 1. The summed E-state index contributed by atoms with van der Waals surface area (Å²) in [6.07, 6.45) is 1.24. The van der Waals surface area contributed by atoms with Crippen LogP contribution in [-0.2, 0) is 9.59 Å². The fraction of sp³-hybridized carbons (Fsp3) is 0.529. The number of hydrogen-bond donors (Lipinski definition) is 2. The first kappa shape index (κ1) is 15.5.